The van der Waals surface area contributed by atoms with E-state index in [4.69, 9.17) is 24.7 Å². The highest BCUT2D eigenvalue weighted by molar-refractivity contribution is 5.80. The second kappa shape index (κ2) is 6.85. The number of nitriles is 1. The predicted octanol–water partition coefficient (Wildman–Crippen LogP) is 3.06. The van der Waals surface area contributed by atoms with Crippen molar-refractivity contribution in [3.8, 4) is 51.5 Å². The van der Waals surface area contributed by atoms with E-state index in [2.05, 4.69) is 6.07 Å². The maximum atomic E-state index is 9.87. The Kier molecular flexibility index (Phi) is 4.14. The van der Waals surface area contributed by atoms with Crippen molar-refractivity contribution in [1.29, 1.82) is 5.26 Å². The minimum atomic E-state index is 0.196. The standard InChI is InChI=1S/C23H19N3O4/c1-27-20-7-14-5-6-26-18(16(14)10-21(20)28-2)9-15(17(11-24)23(26)25)13-3-4-19-22(8-13)30-12-29-19/h3-4,7-10,25H,5-6,12H2,1-2H3/p+1. The first-order chi connectivity index (χ1) is 14.6. The van der Waals surface area contributed by atoms with Gasteiger partial charge < -0.3 is 18.9 Å². The van der Waals surface area contributed by atoms with E-state index in [9.17, 15) is 5.26 Å². The molecule has 7 heteroatoms. The average molecular weight is 402 g/mol. The number of aromatic nitrogens is 1. The number of methoxy groups -OCH3 is 2. The Labute approximate surface area is 173 Å². The second-order valence-electron chi connectivity index (χ2n) is 7.15. The minimum absolute atomic E-state index is 0.196. The van der Waals surface area contributed by atoms with Crippen molar-refractivity contribution in [2.45, 2.75) is 13.0 Å². The predicted molar refractivity (Wildman–Crippen MR) is 110 cm³/mol. The van der Waals surface area contributed by atoms with Crippen LogP contribution in [0.15, 0.2) is 36.4 Å². The van der Waals surface area contributed by atoms with Gasteiger partial charge in [-0.3, -0.25) is 5.73 Å². The van der Waals surface area contributed by atoms with Crippen LogP contribution in [0.3, 0.4) is 0 Å². The van der Waals surface area contributed by atoms with E-state index in [0.29, 0.717) is 40.9 Å². The summed E-state index contributed by atoms with van der Waals surface area (Å²) in [7, 11) is 3.25. The van der Waals surface area contributed by atoms with Gasteiger partial charge in [-0.05, 0) is 41.5 Å². The molecule has 150 valence electrons. The first-order valence-electron chi connectivity index (χ1n) is 9.56. The Hall–Kier alpha value is -3.92. The molecule has 0 radical (unpaired) electrons. The summed E-state index contributed by atoms with van der Waals surface area (Å²) in [5.41, 5.74) is 11.6. The molecule has 0 fully saturated rings. The minimum Gasteiger partial charge on any atom is -0.493 e. The molecule has 3 aromatic rings. The molecule has 0 aliphatic carbocycles. The summed E-state index contributed by atoms with van der Waals surface area (Å²) in [5.74, 6) is 3.15. The number of aryl methyl sites for hydroxylation is 1. The fourth-order valence-electron chi connectivity index (χ4n) is 4.16. The van der Waals surface area contributed by atoms with Crippen LogP contribution in [0.4, 0.5) is 5.82 Å². The largest absolute Gasteiger partial charge is 0.493 e. The molecule has 7 nitrogen and oxygen atoms in total. The lowest BCUT2D eigenvalue weighted by molar-refractivity contribution is -0.673. The third-order valence-electron chi connectivity index (χ3n) is 5.67. The molecule has 30 heavy (non-hydrogen) atoms. The first-order valence-corrected chi connectivity index (χ1v) is 9.56. The van der Waals surface area contributed by atoms with Crippen LogP contribution in [0.5, 0.6) is 23.0 Å². The topological polar surface area (TPSA) is 90.6 Å². The van der Waals surface area contributed by atoms with Crippen molar-refractivity contribution in [2.24, 2.45) is 0 Å². The van der Waals surface area contributed by atoms with Gasteiger partial charge in [0.25, 0.3) is 5.82 Å². The van der Waals surface area contributed by atoms with Gasteiger partial charge in [-0.15, -0.1) is 0 Å². The number of nitrogens with two attached hydrogens (primary N) is 1. The highest BCUT2D eigenvalue weighted by atomic mass is 16.7. The molecule has 0 saturated heterocycles. The number of hydrogen-bond donors (Lipinski definition) is 1. The molecule has 2 aliphatic heterocycles. The van der Waals surface area contributed by atoms with Gasteiger partial charge in [0.2, 0.25) is 6.79 Å². The third-order valence-corrected chi connectivity index (χ3v) is 5.67. The van der Waals surface area contributed by atoms with Gasteiger partial charge in [0, 0.05) is 17.5 Å². The molecule has 0 atom stereocenters. The molecule has 0 spiro atoms. The van der Waals surface area contributed by atoms with Crippen LogP contribution in [-0.4, -0.2) is 21.0 Å². The van der Waals surface area contributed by atoms with Crippen molar-refractivity contribution in [3.63, 3.8) is 0 Å². The third kappa shape index (κ3) is 2.61. The Bertz CT molecular complexity index is 1230. The molecule has 0 saturated carbocycles. The molecule has 0 bridgehead atoms. The molecule has 2 aromatic carbocycles. The molecule has 3 heterocycles. The zero-order chi connectivity index (χ0) is 20.8. The van der Waals surface area contributed by atoms with Crippen molar-refractivity contribution in [2.75, 3.05) is 26.7 Å². The molecular weight excluding hydrogens is 382 g/mol. The zero-order valence-corrected chi connectivity index (χ0v) is 16.7. The molecule has 1 aromatic heterocycles. The molecule has 0 unspecified atom stereocenters. The summed E-state index contributed by atoms with van der Waals surface area (Å²) in [6.45, 7) is 0.876. The molecule has 0 amide bonds. The van der Waals surface area contributed by atoms with Gasteiger partial charge in [-0.25, -0.2) is 4.57 Å². The van der Waals surface area contributed by atoms with Crippen LogP contribution in [0.1, 0.15) is 11.1 Å². The summed E-state index contributed by atoms with van der Waals surface area (Å²) >= 11 is 0. The van der Waals surface area contributed by atoms with Crippen LogP contribution < -0.4 is 29.2 Å². The van der Waals surface area contributed by atoms with Gasteiger partial charge in [0.05, 0.1) is 20.8 Å². The number of ether oxygens (including phenoxy) is 4. The van der Waals surface area contributed by atoms with Crippen molar-refractivity contribution >= 4 is 5.82 Å². The monoisotopic (exact) mass is 402 g/mol. The summed E-state index contributed by atoms with van der Waals surface area (Å²) in [5, 5.41) is 9.87. The number of hydrogen-bond acceptors (Lipinski definition) is 6. The molecule has 2 N–H and O–H groups in total. The van der Waals surface area contributed by atoms with Gasteiger partial charge in [-0.2, -0.15) is 5.26 Å². The highest BCUT2D eigenvalue weighted by Crippen LogP contribution is 2.41. The Morgan fingerprint density at radius 2 is 1.77 bits per heavy atom. The number of nitrogens with zero attached hydrogens (tertiary/aromatic N) is 2. The van der Waals surface area contributed by atoms with Gasteiger partial charge in [-0.1, -0.05) is 6.07 Å². The normalized spacial score (nSPS) is 13.2. The van der Waals surface area contributed by atoms with Crippen molar-refractivity contribution < 1.29 is 23.5 Å². The maximum Gasteiger partial charge on any atom is 0.291 e. The smallest absolute Gasteiger partial charge is 0.291 e. The highest BCUT2D eigenvalue weighted by Gasteiger charge is 2.29. The second-order valence-corrected chi connectivity index (χ2v) is 7.15. The average Bonchev–Trinajstić information content (AvgIpc) is 3.25. The summed E-state index contributed by atoms with van der Waals surface area (Å²) in [4.78, 5) is 0. The van der Waals surface area contributed by atoms with Gasteiger partial charge >= 0.3 is 0 Å². The first kappa shape index (κ1) is 18.1. The van der Waals surface area contributed by atoms with E-state index >= 15 is 0 Å². The van der Waals surface area contributed by atoms with E-state index in [0.717, 1.165) is 34.4 Å². The zero-order valence-electron chi connectivity index (χ0n) is 16.7. The molecule has 2 aliphatic rings. The fourth-order valence-corrected chi connectivity index (χ4v) is 4.16. The number of fused-ring (bicyclic) bond motifs is 4. The number of nitrogen functional groups attached to an aromatic ring is 1. The Morgan fingerprint density at radius 3 is 2.53 bits per heavy atom. The lowest BCUT2D eigenvalue weighted by Crippen LogP contribution is -2.44. The maximum absolute atomic E-state index is 9.87. The number of benzene rings is 2. The van der Waals surface area contributed by atoms with E-state index in [1.165, 1.54) is 0 Å². The lowest BCUT2D eigenvalue weighted by atomic mass is 9.92. The summed E-state index contributed by atoms with van der Waals surface area (Å²) < 4.78 is 23.9. The van der Waals surface area contributed by atoms with Crippen molar-refractivity contribution in [1.82, 2.24) is 0 Å². The quantitative estimate of drug-likeness (QED) is 0.677. The van der Waals surface area contributed by atoms with Crippen LogP contribution in [-0.2, 0) is 13.0 Å². The fraction of sp³-hybridized carbons (Fsp3) is 0.217. The van der Waals surface area contributed by atoms with Crippen LogP contribution >= 0.6 is 0 Å². The Morgan fingerprint density at radius 1 is 1.00 bits per heavy atom. The van der Waals surface area contributed by atoms with Crippen molar-refractivity contribution in [3.05, 3.63) is 47.5 Å². The molecule has 5 rings (SSSR count). The molecular formula is C23H20N3O4+. The van der Waals surface area contributed by atoms with E-state index in [-0.39, 0.29) is 6.79 Å². The number of anilines is 1. The Balaban J connectivity index is 1.75. The van der Waals surface area contributed by atoms with E-state index < -0.39 is 0 Å². The summed E-state index contributed by atoms with van der Waals surface area (Å²) in [6.07, 6.45) is 0.784. The number of rotatable bonds is 3. The van der Waals surface area contributed by atoms with Crippen LogP contribution in [0.25, 0.3) is 22.4 Å². The van der Waals surface area contributed by atoms with Crippen LogP contribution in [0, 0.1) is 11.3 Å². The summed E-state index contributed by atoms with van der Waals surface area (Å²) in [6, 6.07) is 13.9. The lowest BCUT2D eigenvalue weighted by Gasteiger charge is -2.22. The van der Waals surface area contributed by atoms with Gasteiger partial charge in [0.1, 0.15) is 17.3 Å². The van der Waals surface area contributed by atoms with Gasteiger partial charge in [0.15, 0.2) is 23.0 Å². The number of pyridine rings is 1. The van der Waals surface area contributed by atoms with E-state index in [1.54, 1.807) is 14.2 Å². The van der Waals surface area contributed by atoms with Crippen LogP contribution in [0.2, 0.25) is 0 Å². The SMILES string of the molecule is COc1cc2c(cc1OC)-c1cc(-c3ccc4c(c3)OCO4)c(C#N)c(N)[n+]1CC2. The van der Waals surface area contributed by atoms with E-state index in [1.807, 2.05) is 41.0 Å².